The first-order valence-corrected chi connectivity index (χ1v) is 12.1. The lowest BCUT2D eigenvalue weighted by atomic mass is 9.86. The molecular weight excluding hydrogens is 460 g/mol. The Balaban J connectivity index is 2.02. The smallest absolute Gasteiger partial charge is 0.185 e. The Labute approximate surface area is 187 Å². The van der Waals surface area contributed by atoms with Crippen LogP contribution in [0.15, 0.2) is 88.2 Å². The van der Waals surface area contributed by atoms with Crippen LogP contribution in [0.4, 0.5) is 0 Å². The third-order valence-corrected chi connectivity index (χ3v) is 7.78. The van der Waals surface area contributed by atoms with Crippen molar-refractivity contribution in [2.75, 3.05) is 0 Å². The van der Waals surface area contributed by atoms with Crippen LogP contribution in [0.25, 0.3) is 0 Å². The monoisotopic (exact) mass is 484 g/mol. The van der Waals surface area contributed by atoms with Gasteiger partial charge in [-0.05, 0) is 40.8 Å². The van der Waals surface area contributed by atoms with Crippen molar-refractivity contribution in [1.29, 1.82) is 0 Å². The Morgan fingerprint density at radius 3 is 1.97 bits per heavy atom. The van der Waals surface area contributed by atoms with E-state index in [1.807, 2.05) is 24.3 Å². The van der Waals surface area contributed by atoms with Crippen molar-refractivity contribution in [3.8, 4) is 0 Å². The second-order valence-electron chi connectivity index (χ2n) is 8.35. The molecule has 3 aromatic carbocycles. The third-order valence-electron chi connectivity index (χ3n) is 5.13. The van der Waals surface area contributed by atoms with E-state index in [2.05, 4.69) is 36.7 Å². The van der Waals surface area contributed by atoms with Crippen molar-refractivity contribution in [2.24, 2.45) is 0 Å². The molecule has 156 valence electrons. The van der Waals surface area contributed by atoms with Gasteiger partial charge in [-0.25, -0.2) is 8.42 Å². The van der Waals surface area contributed by atoms with Crippen LogP contribution < -0.4 is 0 Å². The van der Waals surface area contributed by atoms with Gasteiger partial charge in [-0.1, -0.05) is 91.3 Å². The Morgan fingerprint density at radius 2 is 1.43 bits per heavy atom. The minimum Gasteiger partial charge on any atom is -0.294 e. The SMILES string of the molecule is CC(C)(C)c1ccc([C@@H](CC(=O)c2ccc(Br)cc2)S(=O)(=O)c2ccccc2)cc1. The number of sulfone groups is 1. The first kappa shape index (κ1) is 22.4. The van der Waals surface area contributed by atoms with Gasteiger partial charge in [0.15, 0.2) is 15.6 Å². The number of ketones is 1. The molecule has 0 saturated carbocycles. The highest BCUT2D eigenvalue weighted by Crippen LogP contribution is 2.34. The summed E-state index contributed by atoms with van der Waals surface area (Å²) in [5.74, 6) is -0.202. The van der Waals surface area contributed by atoms with Crippen molar-refractivity contribution in [2.45, 2.75) is 42.8 Å². The number of halogens is 1. The summed E-state index contributed by atoms with van der Waals surface area (Å²) in [5, 5.41) is -0.954. The molecule has 0 saturated heterocycles. The maximum absolute atomic E-state index is 13.5. The highest BCUT2D eigenvalue weighted by atomic mass is 79.9. The topological polar surface area (TPSA) is 51.2 Å². The molecule has 3 aromatic rings. The summed E-state index contributed by atoms with van der Waals surface area (Å²) in [4.78, 5) is 13.2. The van der Waals surface area contributed by atoms with E-state index in [1.165, 1.54) is 0 Å². The van der Waals surface area contributed by atoms with Gasteiger partial charge in [0, 0.05) is 16.5 Å². The molecule has 0 aromatic heterocycles. The van der Waals surface area contributed by atoms with Crippen LogP contribution in [0.2, 0.25) is 0 Å². The summed E-state index contributed by atoms with van der Waals surface area (Å²) in [7, 11) is -3.74. The van der Waals surface area contributed by atoms with Crippen molar-refractivity contribution >= 4 is 31.6 Å². The van der Waals surface area contributed by atoms with Crippen molar-refractivity contribution in [3.63, 3.8) is 0 Å². The molecule has 0 radical (unpaired) electrons. The van der Waals surface area contributed by atoms with Crippen molar-refractivity contribution in [1.82, 2.24) is 0 Å². The van der Waals surface area contributed by atoms with E-state index in [9.17, 15) is 13.2 Å². The zero-order valence-corrected chi connectivity index (χ0v) is 19.7. The first-order chi connectivity index (χ1) is 14.1. The van der Waals surface area contributed by atoms with Gasteiger partial charge in [0.05, 0.1) is 10.1 Å². The number of Topliss-reactive ketones (excluding diaryl/α,β-unsaturated/α-hetero) is 1. The number of benzene rings is 3. The molecule has 0 aliphatic carbocycles. The predicted molar refractivity (Wildman–Crippen MR) is 125 cm³/mol. The van der Waals surface area contributed by atoms with Crippen LogP contribution in [-0.4, -0.2) is 14.2 Å². The van der Waals surface area contributed by atoms with Gasteiger partial charge in [0.25, 0.3) is 0 Å². The van der Waals surface area contributed by atoms with E-state index in [4.69, 9.17) is 0 Å². The summed E-state index contributed by atoms with van der Waals surface area (Å²) in [6.45, 7) is 6.33. The fourth-order valence-electron chi connectivity index (χ4n) is 3.30. The maximum atomic E-state index is 13.5. The highest BCUT2D eigenvalue weighted by molar-refractivity contribution is 9.10. The second-order valence-corrected chi connectivity index (χ2v) is 11.4. The lowest BCUT2D eigenvalue weighted by Crippen LogP contribution is -2.18. The summed E-state index contributed by atoms with van der Waals surface area (Å²) < 4.78 is 27.8. The van der Waals surface area contributed by atoms with Gasteiger partial charge in [0.2, 0.25) is 0 Å². The van der Waals surface area contributed by atoms with E-state index in [0.29, 0.717) is 11.1 Å². The fraction of sp³-hybridized carbons (Fsp3) is 0.240. The fourth-order valence-corrected chi connectivity index (χ4v) is 5.32. The van der Waals surface area contributed by atoms with Crippen LogP contribution in [0.3, 0.4) is 0 Å². The summed E-state index contributed by atoms with van der Waals surface area (Å²) >= 11 is 3.36. The molecule has 3 rings (SSSR count). The average Bonchev–Trinajstić information content (AvgIpc) is 2.72. The van der Waals surface area contributed by atoms with E-state index in [1.54, 1.807) is 54.6 Å². The standard InChI is InChI=1S/C25H25BrO3S/c1-25(2,3)20-13-9-19(10-14-20)24(30(28,29)22-7-5-4-6-8-22)17-23(27)18-11-15-21(26)16-12-18/h4-16,24H,17H2,1-3H3/t24-/m1/s1. The molecule has 0 bridgehead atoms. The van der Waals surface area contributed by atoms with Crippen LogP contribution in [0.5, 0.6) is 0 Å². The van der Waals surface area contributed by atoms with E-state index in [0.717, 1.165) is 10.0 Å². The number of carbonyl (C=O) groups excluding carboxylic acids is 1. The predicted octanol–water partition coefficient (Wildman–Crippen LogP) is 6.53. The molecule has 3 nitrogen and oxygen atoms in total. The lowest BCUT2D eigenvalue weighted by molar-refractivity contribution is 0.0980. The third kappa shape index (κ3) is 5.08. The first-order valence-electron chi connectivity index (χ1n) is 9.77. The van der Waals surface area contributed by atoms with Gasteiger partial charge in [-0.15, -0.1) is 0 Å². The summed E-state index contributed by atoms with van der Waals surface area (Å²) in [6, 6.07) is 22.9. The van der Waals surface area contributed by atoms with E-state index in [-0.39, 0.29) is 22.5 Å². The van der Waals surface area contributed by atoms with Gasteiger partial charge in [-0.3, -0.25) is 4.79 Å². The average molecular weight is 485 g/mol. The Bertz CT molecular complexity index is 1110. The minimum absolute atomic E-state index is 0.0421. The van der Waals surface area contributed by atoms with Gasteiger partial charge in [0.1, 0.15) is 0 Å². The minimum atomic E-state index is -3.74. The molecule has 0 unspecified atom stereocenters. The molecule has 0 spiro atoms. The summed E-state index contributed by atoms with van der Waals surface area (Å²) in [6.07, 6.45) is -0.117. The highest BCUT2D eigenvalue weighted by Gasteiger charge is 2.31. The Morgan fingerprint density at radius 1 is 0.867 bits per heavy atom. The molecule has 0 heterocycles. The molecule has 5 heteroatoms. The molecule has 1 atom stereocenters. The van der Waals surface area contributed by atoms with Crippen LogP contribution in [-0.2, 0) is 15.3 Å². The van der Waals surface area contributed by atoms with Crippen molar-refractivity contribution < 1.29 is 13.2 Å². The molecule has 0 N–H and O–H groups in total. The van der Waals surface area contributed by atoms with E-state index < -0.39 is 15.1 Å². The largest absolute Gasteiger partial charge is 0.294 e. The summed E-state index contributed by atoms with van der Waals surface area (Å²) in [5.41, 5.74) is 2.19. The molecule has 0 aliphatic heterocycles. The molecule has 30 heavy (non-hydrogen) atoms. The van der Waals surface area contributed by atoms with Gasteiger partial charge < -0.3 is 0 Å². The van der Waals surface area contributed by atoms with E-state index >= 15 is 0 Å². The maximum Gasteiger partial charge on any atom is 0.185 e. The Kier molecular flexibility index (Phi) is 6.63. The quantitative estimate of drug-likeness (QED) is 0.373. The normalized spacial score (nSPS) is 13.1. The number of carbonyl (C=O) groups is 1. The zero-order chi connectivity index (χ0) is 21.9. The number of hydrogen-bond donors (Lipinski definition) is 0. The Hall–Kier alpha value is -2.24. The van der Waals surface area contributed by atoms with Gasteiger partial charge in [-0.2, -0.15) is 0 Å². The molecular formula is C25H25BrO3S. The van der Waals surface area contributed by atoms with Crippen molar-refractivity contribution in [3.05, 3.63) is 100 Å². The van der Waals surface area contributed by atoms with Crippen LogP contribution >= 0.6 is 15.9 Å². The number of hydrogen-bond acceptors (Lipinski definition) is 3. The van der Waals surface area contributed by atoms with Gasteiger partial charge >= 0.3 is 0 Å². The van der Waals surface area contributed by atoms with Crippen LogP contribution in [0, 0.1) is 0 Å². The molecule has 0 fully saturated rings. The lowest BCUT2D eigenvalue weighted by Gasteiger charge is -2.22. The molecule has 0 aliphatic rings. The molecule has 0 amide bonds. The van der Waals surface area contributed by atoms with Crippen LogP contribution in [0.1, 0.15) is 53.9 Å². The zero-order valence-electron chi connectivity index (χ0n) is 17.3. The number of rotatable bonds is 6. The second kappa shape index (κ2) is 8.86.